The second-order valence-electron chi connectivity index (χ2n) is 6.31. The summed E-state index contributed by atoms with van der Waals surface area (Å²) < 4.78 is 11.0. The van der Waals surface area contributed by atoms with Gasteiger partial charge in [0.1, 0.15) is 0 Å². The Morgan fingerprint density at radius 2 is 1.87 bits per heavy atom. The van der Waals surface area contributed by atoms with E-state index in [1.54, 1.807) is 14.2 Å². The first-order valence-electron chi connectivity index (χ1n) is 8.29. The van der Waals surface area contributed by atoms with Crippen molar-refractivity contribution < 1.29 is 9.47 Å². The third-order valence-electron chi connectivity index (χ3n) is 5.09. The SMILES string of the molecule is COc1cc2c(cc1OC)[C@@H]1CCCC[C@@H]1N=C2c1ccc[nH]1. The fraction of sp³-hybridized carbons (Fsp3) is 0.421. The van der Waals surface area contributed by atoms with Crippen molar-refractivity contribution in [3.8, 4) is 11.5 Å². The summed E-state index contributed by atoms with van der Waals surface area (Å²) in [4.78, 5) is 8.41. The van der Waals surface area contributed by atoms with Crippen LogP contribution in [0.3, 0.4) is 0 Å². The zero-order valence-electron chi connectivity index (χ0n) is 13.6. The Morgan fingerprint density at radius 1 is 1.09 bits per heavy atom. The number of methoxy groups -OCH3 is 2. The van der Waals surface area contributed by atoms with Gasteiger partial charge >= 0.3 is 0 Å². The van der Waals surface area contributed by atoms with Gasteiger partial charge in [0.15, 0.2) is 11.5 Å². The molecule has 1 fully saturated rings. The Kier molecular flexibility index (Phi) is 3.60. The summed E-state index contributed by atoms with van der Waals surface area (Å²) in [5.41, 5.74) is 4.65. The highest BCUT2D eigenvalue weighted by Gasteiger charge is 2.34. The minimum absolute atomic E-state index is 0.382. The molecule has 0 amide bonds. The molecule has 4 nitrogen and oxygen atoms in total. The molecule has 0 radical (unpaired) electrons. The van der Waals surface area contributed by atoms with E-state index in [1.807, 2.05) is 12.3 Å². The number of aromatic amines is 1. The summed E-state index contributed by atoms with van der Waals surface area (Å²) >= 11 is 0. The van der Waals surface area contributed by atoms with Crippen LogP contribution in [0.15, 0.2) is 35.5 Å². The number of benzene rings is 1. The molecule has 120 valence electrons. The van der Waals surface area contributed by atoms with Crippen LogP contribution in [0.1, 0.15) is 48.4 Å². The molecular formula is C19H22N2O2. The first-order chi connectivity index (χ1) is 11.3. The normalized spacial score (nSPS) is 22.8. The lowest BCUT2D eigenvalue weighted by Gasteiger charge is -2.35. The first-order valence-corrected chi connectivity index (χ1v) is 8.29. The number of hydrogen-bond donors (Lipinski definition) is 1. The number of hydrogen-bond acceptors (Lipinski definition) is 3. The van der Waals surface area contributed by atoms with Crippen LogP contribution in [-0.4, -0.2) is 31.0 Å². The first kappa shape index (κ1) is 14.4. The Bertz CT molecular complexity index is 734. The molecule has 2 atom stereocenters. The molecule has 0 bridgehead atoms. The number of rotatable bonds is 3. The standard InChI is InChI=1S/C19H22N2O2/c1-22-17-10-13-12-6-3-4-7-15(12)21-19(16-8-5-9-20-16)14(13)11-18(17)23-2/h5,8-12,15,20H,3-4,6-7H2,1-2H3/t12-,15-/m0/s1. The Morgan fingerprint density at radius 3 is 2.61 bits per heavy atom. The topological polar surface area (TPSA) is 46.6 Å². The maximum Gasteiger partial charge on any atom is 0.161 e. The lowest BCUT2D eigenvalue weighted by Crippen LogP contribution is -2.29. The Balaban J connectivity index is 1.91. The predicted octanol–water partition coefficient (Wildman–Crippen LogP) is 3.91. The average molecular weight is 310 g/mol. The van der Waals surface area contributed by atoms with Crippen molar-refractivity contribution in [2.24, 2.45) is 4.99 Å². The van der Waals surface area contributed by atoms with Gasteiger partial charge < -0.3 is 14.5 Å². The molecule has 2 aliphatic rings. The summed E-state index contributed by atoms with van der Waals surface area (Å²) in [6, 6.07) is 8.73. The van der Waals surface area contributed by atoms with E-state index in [1.165, 1.54) is 36.8 Å². The number of nitrogens with zero attached hydrogens (tertiary/aromatic N) is 1. The monoisotopic (exact) mass is 310 g/mol. The zero-order valence-corrected chi connectivity index (χ0v) is 13.6. The molecule has 4 rings (SSSR count). The van der Waals surface area contributed by atoms with E-state index in [4.69, 9.17) is 14.5 Å². The van der Waals surface area contributed by atoms with Gasteiger partial charge in [-0.3, -0.25) is 4.99 Å². The molecular weight excluding hydrogens is 288 g/mol. The van der Waals surface area contributed by atoms with Gasteiger partial charge in [0.05, 0.1) is 31.7 Å². The summed E-state index contributed by atoms with van der Waals surface area (Å²) in [6.45, 7) is 0. The van der Waals surface area contributed by atoms with Gasteiger partial charge in [-0.15, -0.1) is 0 Å². The van der Waals surface area contributed by atoms with Crippen LogP contribution in [-0.2, 0) is 0 Å². The predicted molar refractivity (Wildman–Crippen MR) is 91.0 cm³/mol. The number of aliphatic imine (C=N–C) groups is 1. The molecule has 1 saturated carbocycles. The average Bonchev–Trinajstić information content (AvgIpc) is 3.14. The molecule has 2 heterocycles. The van der Waals surface area contributed by atoms with Gasteiger partial charge in [0, 0.05) is 17.7 Å². The second-order valence-corrected chi connectivity index (χ2v) is 6.31. The van der Waals surface area contributed by atoms with Crippen LogP contribution in [0.25, 0.3) is 0 Å². The lowest BCUT2D eigenvalue weighted by atomic mass is 9.75. The van der Waals surface area contributed by atoms with Crippen molar-refractivity contribution >= 4 is 5.71 Å². The maximum atomic E-state index is 5.54. The van der Waals surface area contributed by atoms with Gasteiger partial charge in [0.2, 0.25) is 0 Å². The highest BCUT2D eigenvalue weighted by atomic mass is 16.5. The number of fused-ring (bicyclic) bond motifs is 3. The molecule has 1 aromatic carbocycles. The number of H-pyrrole nitrogens is 1. The van der Waals surface area contributed by atoms with Gasteiger partial charge in [-0.2, -0.15) is 0 Å². The van der Waals surface area contributed by atoms with Crippen LogP contribution in [0.5, 0.6) is 11.5 Å². The van der Waals surface area contributed by atoms with Crippen LogP contribution in [0, 0.1) is 0 Å². The van der Waals surface area contributed by atoms with Crippen LogP contribution in [0.2, 0.25) is 0 Å². The molecule has 1 aliphatic carbocycles. The lowest BCUT2D eigenvalue weighted by molar-refractivity contribution is 0.349. The van der Waals surface area contributed by atoms with Crippen molar-refractivity contribution in [1.29, 1.82) is 0 Å². The summed E-state index contributed by atoms with van der Waals surface area (Å²) in [5, 5.41) is 0. The van der Waals surface area contributed by atoms with Crippen molar-refractivity contribution in [2.45, 2.75) is 37.6 Å². The largest absolute Gasteiger partial charge is 0.493 e. The van der Waals surface area contributed by atoms with E-state index >= 15 is 0 Å². The highest BCUT2D eigenvalue weighted by Crippen LogP contribution is 2.44. The maximum absolute atomic E-state index is 5.54. The minimum atomic E-state index is 0.382. The highest BCUT2D eigenvalue weighted by molar-refractivity contribution is 6.14. The summed E-state index contributed by atoms with van der Waals surface area (Å²) in [5.74, 6) is 2.07. The fourth-order valence-corrected chi connectivity index (χ4v) is 3.96. The number of ether oxygens (including phenoxy) is 2. The van der Waals surface area contributed by atoms with Gasteiger partial charge in [-0.05, 0) is 42.7 Å². The quantitative estimate of drug-likeness (QED) is 0.934. The molecule has 4 heteroatoms. The van der Waals surface area contributed by atoms with E-state index in [0.717, 1.165) is 22.9 Å². The van der Waals surface area contributed by atoms with Crippen molar-refractivity contribution in [1.82, 2.24) is 4.98 Å². The molecule has 0 unspecified atom stereocenters. The third kappa shape index (κ3) is 2.33. The smallest absolute Gasteiger partial charge is 0.161 e. The molecule has 1 aromatic heterocycles. The molecule has 0 spiro atoms. The molecule has 1 aliphatic heterocycles. The molecule has 23 heavy (non-hydrogen) atoms. The van der Waals surface area contributed by atoms with E-state index < -0.39 is 0 Å². The van der Waals surface area contributed by atoms with E-state index in [0.29, 0.717) is 12.0 Å². The Labute approximate surface area is 136 Å². The van der Waals surface area contributed by atoms with Crippen molar-refractivity contribution in [2.75, 3.05) is 14.2 Å². The van der Waals surface area contributed by atoms with Crippen LogP contribution >= 0.6 is 0 Å². The van der Waals surface area contributed by atoms with Crippen LogP contribution < -0.4 is 9.47 Å². The third-order valence-corrected chi connectivity index (χ3v) is 5.09. The minimum Gasteiger partial charge on any atom is -0.493 e. The van der Waals surface area contributed by atoms with Crippen molar-refractivity contribution in [3.05, 3.63) is 47.3 Å². The zero-order chi connectivity index (χ0) is 15.8. The van der Waals surface area contributed by atoms with Gasteiger partial charge in [0.25, 0.3) is 0 Å². The summed E-state index contributed by atoms with van der Waals surface area (Å²) in [7, 11) is 3.38. The van der Waals surface area contributed by atoms with E-state index in [-0.39, 0.29) is 0 Å². The number of aromatic nitrogens is 1. The van der Waals surface area contributed by atoms with E-state index in [2.05, 4.69) is 23.2 Å². The number of nitrogens with one attached hydrogen (secondary N) is 1. The van der Waals surface area contributed by atoms with Gasteiger partial charge in [-0.25, -0.2) is 0 Å². The second kappa shape index (κ2) is 5.76. The van der Waals surface area contributed by atoms with Crippen LogP contribution in [0.4, 0.5) is 0 Å². The van der Waals surface area contributed by atoms with Gasteiger partial charge in [-0.1, -0.05) is 12.8 Å². The molecule has 2 aromatic rings. The van der Waals surface area contributed by atoms with E-state index in [9.17, 15) is 0 Å². The van der Waals surface area contributed by atoms with Crippen molar-refractivity contribution in [3.63, 3.8) is 0 Å². The fourth-order valence-electron chi connectivity index (χ4n) is 3.96. The Hall–Kier alpha value is -2.23. The summed E-state index contributed by atoms with van der Waals surface area (Å²) in [6.07, 6.45) is 6.87. The molecule has 1 N–H and O–H groups in total. The molecule has 0 saturated heterocycles.